The van der Waals surface area contributed by atoms with Crippen LogP contribution in [0, 0.1) is 0 Å². The van der Waals surface area contributed by atoms with Gasteiger partial charge in [-0.1, -0.05) is 36.0 Å². The number of fused-ring (bicyclic) bond motifs is 4. The van der Waals surface area contributed by atoms with Crippen molar-refractivity contribution in [3.05, 3.63) is 69.5 Å². The summed E-state index contributed by atoms with van der Waals surface area (Å²) in [6.45, 7) is 0. The van der Waals surface area contributed by atoms with Crippen LogP contribution in [0.4, 0.5) is 0 Å². The number of carbonyl (C=O) groups is 1. The van der Waals surface area contributed by atoms with Gasteiger partial charge in [-0.05, 0) is 48.6 Å². The summed E-state index contributed by atoms with van der Waals surface area (Å²) in [5, 5.41) is 9.61. The van der Waals surface area contributed by atoms with E-state index in [-0.39, 0.29) is 17.1 Å². The molecule has 2 heterocycles. The number of hydrogen-bond acceptors (Lipinski definition) is 5. The molecule has 0 spiro atoms. The Kier molecular flexibility index (Phi) is 4.05. The van der Waals surface area contributed by atoms with Crippen molar-refractivity contribution in [2.75, 3.05) is 5.75 Å². The monoisotopic (exact) mass is 390 g/mol. The Labute approximate surface area is 165 Å². The molecule has 0 N–H and O–H groups in total. The van der Waals surface area contributed by atoms with Crippen molar-refractivity contribution >= 4 is 34.2 Å². The molecule has 0 aliphatic heterocycles. The van der Waals surface area contributed by atoms with Crippen LogP contribution in [0.25, 0.3) is 16.7 Å². The Morgan fingerprint density at radius 2 is 1.93 bits per heavy atom. The number of ketones is 1. The summed E-state index contributed by atoms with van der Waals surface area (Å²) in [4.78, 5) is 25.2. The maximum absolute atomic E-state index is 12.7. The maximum Gasteiger partial charge on any atom is 0.262 e. The number of rotatable bonds is 4. The van der Waals surface area contributed by atoms with E-state index in [1.54, 1.807) is 13.1 Å². The third-order valence-electron chi connectivity index (χ3n) is 5.35. The molecule has 6 nitrogen and oxygen atoms in total. The molecular weight excluding hydrogens is 372 g/mol. The molecule has 2 aromatic heterocycles. The van der Waals surface area contributed by atoms with Crippen LogP contribution in [0.3, 0.4) is 0 Å². The lowest BCUT2D eigenvalue weighted by Crippen LogP contribution is -2.20. The van der Waals surface area contributed by atoms with Gasteiger partial charge >= 0.3 is 0 Å². The first kappa shape index (κ1) is 17.2. The minimum atomic E-state index is -0.110. The molecule has 1 aliphatic carbocycles. The van der Waals surface area contributed by atoms with Crippen LogP contribution in [-0.4, -0.2) is 30.7 Å². The molecule has 0 fully saturated rings. The molecule has 0 bridgehead atoms. The molecular formula is C21H18N4O2S. The fourth-order valence-corrected chi connectivity index (χ4v) is 4.70. The number of Topliss-reactive ketones (excluding diaryl/α,β-unsaturated/α-hetero) is 1. The van der Waals surface area contributed by atoms with Crippen molar-refractivity contribution in [3.63, 3.8) is 0 Å². The van der Waals surface area contributed by atoms with E-state index in [1.165, 1.54) is 33.9 Å². The quantitative estimate of drug-likeness (QED) is 0.396. The van der Waals surface area contributed by atoms with E-state index in [9.17, 15) is 9.59 Å². The number of hydrogen-bond donors (Lipinski definition) is 0. The van der Waals surface area contributed by atoms with E-state index in [2.05, 4.69) is 16.3 Å². The summed E-state index contributed by atoms with van der Waals surface area (Å²) in [6, 6.07) is 13.4. The molecule has 0 radical (unpaired) electrons. The Morgan fingerprint density at radius 1 is 1.11 bits per heavy atom. The fraction of sp³-hybridized carbons (Fsp3) is 0.238. The highest BCUT2D eigenvalue weighted by molar-refractivity contribution is 7.99. The molecule has 5 rings (SSSR count). The third kappa shape index (κ3) is 2.65. The molecule has 0 atom stereocenters. The molecule has 4 aromatic rings. The summed E-state index contributed by atoms with van der Waals surface area (Å²) in [7, 11) is 1.68. The lowest BCUT2D eigenvalue weighted by molar-refractivity contribution is 0.102. The first-order valence-electron chi connectivity index (χ1n) is 9.24. The first-order valence-corrected chi connectivity index (χ1v) is 10.2. The van der Waals surface area contributed by atoms with Gasteiger partial charge < -0.3 is 0 Å². The van der Waals surface area contributed by atoms with E-state index in [0.717, 1.165) is 23.9 Å². The zero-order valence-electron chi connectivity index (χ0n) is 15.4. The topological polar surface area (TPSA) is 69.3 Å². The molecule has 0 saturated heterocycles. The van der Waals surface area contributed by atoms with Gasteiger partial charge in [-0.15, -0.1) is 10.2 Å². The molecule has 28 heavy (non-hydrogen) atoms. The summed E-state index contributed by atoms with van der Waals surface area (Å²) >= 11 is 1.35. The molecule has 0 saturated carbocycles. The standard InChI is InChI=1S/C21H18N4O2S/c1-24-19(27)16-7-2-3-8-17(16)25-20(24)22-23-21(25)28-12-18(26)15-10-9-13-5-4-6-14(13)11-15/h2-3,7-11H,4-6,12H2,1H3. The SMILES string of the molecule is Cn1c(=O)c2ccccc2n2c(SCC(=O)c3ccc4c(c3)CCC4)nnc12. The Morgan fingerprint density at radius 3 is 2.82 bits per heavy atom. The van der Waals surface area contributed by atoms with E-state index >= 15 is 0 Å². The third-order valence-corrected chi connectivity index (χ3v) is 6.28. The van der Waals surface area contributed by atoms with Crippen LogP contribution in [0.1, 0.15) is 27.9 Å². The minimum absolute atomic E-state index is 0.0746. The number of aromatic nitrogens is 4. The first-order chi connectivity index (χ1) is 13.6. The average Bonchev–Trinajstić information content (AvgIpc) is 3.36. The number of para-hydroxylation sites is 1. The number of aryl methyl sites for hydroxylation is 3. The van der Waals surface area contributed by atoms with Crippen molar-refractivity contribution < 1.29 is 4.79 Å². The second-order valence-electron chi connectivity index (χ2n) is 7.05. The lowest BCUT2D eigenvalue weighted by Gasteiger charge is -2.07. The maximum atomic E-state index is 12.7. The molecule has 7 heteroatoms. The van der Waals surface area contributed by atoms with Gasteiger partial charge in [-0.3, -0.25) is 18.6 Å². The van der Waals surface area contributed by atoms with Gasteiger partial charge in [0.05, 0.1) is 16.7 Å². The van der Waals surface area contributed by atoms with Gasteiger partial charge in [-0.2, -0.15) is 0 Å². The van der Waals surface area contributed by atoms with E-state index in [1.807, 2.05) is 34.7 Å². The number of thioether (sulfide) groups is 1. The predicted octanol–water partition coefficient (Wildman–Crippen LogP) is 3.04. The van der Waals surface area contributed by atoms with Crippen LogP contribution < -0.4 is 5.56 Å². The highest BCUT2D eigenvalue weighted by atomic mass is 32.2. The number of carbonyl (C=O) groups excluding carboxylic acids is 1. The van der Waals surface area contributed by atoms with Crippen molar-refractivity contribution in [2.24, 2.45) is 7.05 Å². The molecule has 2 aromatic carbocycles. The zero-order valence-corrected chi connectivity index (χ0v) is 16.2. The Balaban J connectivity index is 1.49. The second-order valence-corrected chi connectivity index (χ2v) is 7.99. The largest absolute Gasteiger partial charge is 0.293 e. The van der Waals surface area contributed by atoms with Crippen molar-refractivity contribution in [1.82, 2.24) is 19.2 Å². The van der Waals surface area contributed by atoms with Crippen LogP contribution in [-0.2, 0) is 19.9 Å². The van der Waals surface area contributed by atoms with Gasteiger partial charge in [-0.25, -0.2) is 0 Å². The predicted molar refractivity (Wildman–Crippen MR) is 109 cm³/mol. The smallest absolute Gasteiger partial charge is 0.262 e. The fourth-order valence-electron chi connectivity index (χ4n) is 3.86. The summed E-state index contributed by atoms with van der Waals surface area (Å²) in [6.07, 6.45) is 3.33. The second kappa shape index (κ2) is 6.60. The normalized spacial score (nSPS) is 13.3. The Bertz CT molecular complexity index is 1310. The highest BCUT2D eigenvalue weighted by Crippen LogP contribution is 2.25. The van der Waals surface area contributed by atoms with E-state index in [0.29, 0.717) is 16.3 Å². The summed E-state index contributed by atoms with van der Waals surface area (Å²) in [5.74, 6) is 0.818. The van der Waals surface area contributed by atoms with Gasteiger partial charge in [0.25, 0.3) is 5.56 Å². The van der Waals surface area contributed by atoms with Crippen molar-refractivity contribution in [3.8, 4) is 0 Å². The van der Waals surface area contributed by atoms with Crippen LogP contribution in [0.15, 0.2) is 52.4 Å². The van der Waals surface area contributed by atoms with Crippen LogP contribution >= 0.6 is 11.8 Å². The number of nitrogens with zero attached hydrogens (tertiary/aromatic N) is 4. The van der Waals surface area contributed by atoms with Crippen molar-refractivity contribution in [2.45, 2.75) is 24.4 Å². The number of benzene rings is 2. The van der Waals surface area contributed by atoms with Gasteiger partial charge in [0, 0.05) is 12.6 Å². The Hall–Kier alpha value is -2.93. The van der Waals surface area contributed by atoms with Crippen LogP contribution in [0.2, 0.25) is 0 Å². The zero-order chi connectivity index (χ0) is 19.3. The summed E-state index contributed by atoms with van der Waals surface area (Å²) < 4.78 is 3.33. The molecule has 0 amide bonds. The molecule has 1 aliphatic rings. The minimum Gasteiger partial charge on any atom is -0.293 e. The van der Waals surface area contributed by atoms with Gasteiger partial charge in [0.1, 0.15) is 0 Å². The summed E-state index contributed by atoms with van der Waals surface area (Å²) in [5.41, 5.74) is 4.04. The highest BCUT2D eigenvalue weighted by Gasteiger charge is 2.18. The van der Waals surface area contributed by atoms with Crippen molar-refractivity contribution in [1.29, 1.82) is 0 Å². The van der Waals surface area contributed by atoms with E-state index < -0.39 is 0 Å². The average molecular weight is 390 g/mol. The van der Waals surface area contributed by atoms with Gasteiger partial charge in [0.15, 0.2) is 10.9 Å². The molecule has 140 valence electrons. The van der Waals surface area contributed by atoms with Crippen LogP contribution in [0.5, 0.6) is 0 Å². The molecule has 0 unspecified atom stereocenters. The van der Waals surface area contributed by atoms with E-state index in [4.69, 9.17) is 0 Å². The lowest BCUT2D eigenvalue weighted by atomic mass is 10.0. The van der Waals surface area contributed by atoms with Gasteiger partial charge in [0.2, 0.25) is 5.78 Å².